The second-order valence-electron chi connectivity index (χ2n) is 4.75. The second-order valence-corrected chi connectivity index (χ2v) is 6.31. The summed E-state index contributed by atoms with van der Waals surface area (Å²) in [6.07, 6.45) is 2.83. The van der Waals surface area contributed by atoms with E-state index in [2.05, 4.69) is 15.3 Å². The number of carbonyl (C=O) groups is 2. The van der Waals surface area contributed by atoms with Crippen LogP contribution in [0.2, 0.25) is 0 Å². The molecule has 1 amide bonds. The van der Waals surface area contributed by atoms with Gasteiger partial charge in [-0.2, -0.15) is 0 Å². The third-order valence-electron chi connectivity index (χ3n) is 3.07. The average molecular weight is 350 g/mol. The maximum atomic E-state index is 12.0. The molecule has 10 heteroatoms. The number of carboxylic acids is 1. The summed E-state index contributed by atoms with van der Waals surface area (Å²) in [5.74, 6) is -1.99. The third kappa shape index (κ3) is 4.33. The number of nitrogens with one attached hydrogen (secondary N) is 1. The highest BCUT2D eigenvalue weighted by Gasteiger charge is 2.18. The first kappa shape index (κ1) is 17.5. The van der Waals surface area contributed by atoms with E-state index < -0.39 is 27.6 Å². The van der Waals surface area contributed by atoms with Gasteiger partial charge in [-0.05, 0) is 24.1 Å². The SMILES string of the molecule is NS(=O)(=O)c1ccc(CCNC(=O)c2nccnc2C(=O)O)cc1. The van der Waals surface area contributed by atoms with Gasteiger partial charge in [0.1, 0.15) is 0 Å². The molecule has 0 bridgehead atoms. The third-order valence-corrected chi connectivity index (χ3v) is 4.00. The highest BCUT2D eigenvalue weighted by atomic mass is 32.2. The first-order valence-electron chi connectivity index (χ1n) is 6.73. The molecule has 9 nitrogen and oxygen atoms in total. The van der Waals surface area contributed by atoms with Crippen molar-refractivity contribution < 1.29 is 23.1 Å². The van der Waals surface area contributed by atoms with E-state index in [1.165, 1.54) is 24.5 Å². The summed E-state index contributed by atoms with van der Waals surface area (Å²) < 4.78 is 22.3. The number of nitrogens with two attached hydrogens (primary N) is 1. The molecule has 0 atom stereocenters. The van der Waals surface area contributed by atoms with Crippen LogP contribution < -0.4 is 10.5 Å². The standard InChI is InChI=1S/C14H14N4O5S/c15-24(22,23)10-3-1-9(2-4-10)5-6-18-13(19)11-12(14(20)21)17-8-7-16-11/h1-4,7-8H,5-6H2,(H,18,19)(H,20,21)(H2,15,22,23). The van der Waals surface area contributed by atoms with Crippen LogP contribution in [-0.4, -0.2) is 41.9 Å². The smallest absolute Gasteiger partial charge is 0.356 e. The number of amides is 1. The Kier molecular flexibility index (Phi) is 5.21. The monoisotopic (exact) mass is 350 g/mol. The fourth-order valence-corrected chi connectivity index (χ4v) is 2.43. The van der Waals surface area contributed by atoms with Crippen LogP contribution in [0.5, 0.6) is 0 Å². The number of carbonyl (C=O) groups excluding carboxylic acids is 1. The number of nitrogens with zero attached hydrogens (tertiary/aromatic N) is 2. The van der Waals surface area contributed by atoms with Crippen molar-refractivity contribution >= 4 is 21.9 Å². The molecule has 0 aliphatic heterocycles. The molecule has 0 saturated heterocycles. The van der Waals surface area contributed by atoms with E-state index in [1.807, 2.05) is 0 Å². The lowest BCUT2D eigenvalue weighted by molar-refractivity contribution is 0.0683. The van der Waals surface area contributed by atoms with E-state index in [-0.39, 0.29) is 17.1 Å². The number of benzene rings is 1. The van der Waals surface area contributed by atoms with Gasteiger partial charge in [-0.15, -0.1) is 0 Å². The number of carboxylic acid groups (broad SMARTS) is 1. The minimum absolute atomic E-state index is 0.000875. The number of sulfonamides is 1. The summed E-state index contributed by atoms with van der Waals surface area (Å²) in [6, 6.07) is 5.91. The Bertz CT molecular complexity index is 865. The van der Waals surface area contributed by atoms with Crippen molar-refractivity contribution in [2.24, 2.45) is 5.14 Å². The van der Waals surface area contributed by atoms with Gasteiger partial charge in [-0.1, -0.05) is 12.1 Å². The Labute approximate surface area is 137 Å². The van der Waals surface area contributed by atoms with E-state index in [9.17, 15) is 18.0 Å². The van der Waals surface area contributed by atoms with Gasteiger partial charge in [0.25, 0.3) is 5.91 Å². The van der Waals surface area contributed by atoms with E-state index in [0.29, 0.717) is 6.42 Å². The Morgan fingerprint density at radius 1 is 1.08 bits per heavy atom. The summed E-state index contributed by atoms with van der Waals surface area (Å²) in [7, 11) is -3.74. The fourth-order valence-electron chi connectivity index (χ4n) is 1.91. The molecular formula is C14H14N4O5S. The van der Waals surface area contributed by atoms with Crippen LogP contribution in [0.15, 0.2) is 41.6 Å². The van der Waals surface area contributed by atoms with Gasteiger partial charge >= 0.3 is 5.97 Å². The van der Waals surface area contributed by atoms with Crippen LogP contribution in [0.4, 0.5) is 0 Å². The molecule has 0 fully saturated rings. The minimum atomic E-state index is -3.74. The summed E-state index contributed by atoms with van der Waals surface area (Å²) >= 11 is 0. The van der Waals surface area contributed by atoms with Gasteiger partial charge in [0.2, 0.25) is 10.0 Å². The van der Waals surface area contributed by atoms with Crippen molar-refractivity contribution in [1.29, 1.82) is 0 Å². The van der Waals surface area contributed by atoms with Gasteiger partial charge in [-0.3, -0.25) is 4.79 Å². The molecule has 1 aromatic heterocycles. The Hall–Kier alpha value is -2.85. The van der Waals surface area contributed by atoms with Gasteiger partial charge in [0.05, 0.1) is 4.90 Å². The van der Waals surface area contributed by atoms with Crippen molar-refractivity contribution in [3.8, 4) is 0 Å². The van der Waals surface area contributed by atoms with Crippen molar-refractivity contribution in [3.63, 3.8) is 0 Å². The molecule has 0 aliphatic carbocycles. The molecule has 0 unspecified atom stereocenters. The lowest BCUT2D eigenvalue weighted by Gasteiger charge is -2.07. The second kappa shape index (κ2) is 7.15. The summed E-state index contributed by atoms with van der Waals surface area (Å²) in [4.78, 5) is 30.3. The number of aromatic nitrogens is 2. The van der Waals surface area contributed by atoms with Crippen molar-refractivity contribution in [1.82, 2.24) is 15.3 Å². The summed E-state index contributed by atoms with van der Waals surface area (Å²) in [6.45, 7) is 0.211. The predicted octanol–water partition coefficient (Wildman–Crippen LogP) is -0.205. The highest BCUT2D eigenvalue weighted by molar-refractivity contribution is 7.89. The zero-order chi connectivity index (χ0) is 17.7. The molecule has 0 spiro atoms. The predicted molar refractivity (Wildman–Crippen MR) is 82.8 cm³/mol. The zero-order valence-electron chi connectivity index (χ0n) is 12.3. The first-order chi connectivity index (χ1) is 11.3. The minimum Gasteiger partial charge on any atom is -0.476 e. The molecule has 126 valence electrons. The largest absolute Gasteiger partial charge is 0.476 e. The Balaban J connectivity index is 1.97. The Morgan fingerprint density at radius 2 is 1.67 bits per heavy atom. The molecule has 1 aromatic carbocycles. The summed E-state index contributed by atoms with van der Waals surface area (Å²) in [5.41, 5.74) is 0.0855. The molecule has 0 saturated carbocycles. The maximum Gasteiger partial charge on any atom is 0.356 e. The molecular weight excluding hydrogens is 336 g/mol. The Morgan fingerprint density at radius 3 is 2.21 bits per heavy atom. The average Bonchev–Trinajstić information content (AvgIpc) is 2.54. The quantitative estimate of drug-likeness (QED) is 0.652. The van der Waals surface area contributed by atoms with Crippen molar-refractivity contribution in [2.75, 3.05) is 6.54 Å². The van der Waals surface area contributed by atoms with Gasteiger partial charge in [0.15, 0.2) is 11.4 Å². The molecule has 4 N–H and O–H groups in total. The first-order valence-corrected chi connectivity index (χ1v) is 8.28. The normalized spacial score (nSPS) is 11.0. The van der Waals surface area contributed by atoms with Crippen LogP contribution in [0.1, 0.15) is 26.5 Å². The van der Waals surface area contributed by atoms with E-state index in [1.54, 1.807) is 12.1 Å². The van der Waals surface area contributed by atoms with Crippen LogP contribution in [0.3, 0.4) is 0 Å². The van der Waals surface area contributed by atoms with Crippen molar-refractivity contribution in [3.05, 3.63) is 53.6 Å². The molecule has 1 heterocycles. The van der Waals surface area contributed by atoms with Gasteiger partial charge in [0, 0.05) is 18.9 Å². The zero-order valence-corrected chi connectivity index (χ0v) is 13.2. The van der Waals surface area contributed by atoms with E-state index in [0.717, 1.165) is 5.56 Å². The van der Waals surface area contributed by atoms with E-state index in [4.69, 9.17) is 10.2 Å². The van der Waals surface area contributed by atoms with Crippen LogP contribution in [0.25, 0.3) is 0 Å². The molecule has 0 radical (unpaired) electrons. The number of rotatable bonds is 6. The molecule has 2 aromatic rings. The lowest BCUT2D eigenvalue weighted by Crippen LogP contribution is -2.28. The summed E-state index contributed by atoms with van der Waals surface area (Å²) in [5, 5.41) is 16.5. The van der Waals surface area contributed by atoms with Crippen LogP contribution >= 0.6 is 0 Å². The van der Waals surface area contributed by atoms with Gasteiger partial charge < -0.3 is 10.4 Å². The van der Waals surface area contributed by atoms with Gasteiger partial charge in [-0.25, -0.2) is 28.3 Å². The van der Waals surface area contributed by atoms with Crippen LogP contribution in [-0.2, 0) is 16.4 Å². The van der Waals surface area contributed by atoms with E-state index >= 15 is 0 Å². The molecule has 0 aliphatic rings. The highest BCUT2D eigenvalue weighted by Crippen LogP contribution is 2.09. The number of aromatic carboxylic acids is 1. The number of primary sulfonamides is 1. The molecule has 24 heavy (non-hydrogen) atoms. The number of hydrogen-bond acceptors (Lipinski definition) is 6. The fraction of sp³-hybridized carbons (Fsp3) is 0.143. The lowest BCUT2D eigenvalue weighted by atomic mass is 10.1. The van der Waals surface area contributed by atoms with Crippen LogP contribution in [0, 0.1) is 0 Å². The maximum absolute atomic E-state index is 12.0. The van der Waals surface area contributed by atoms with Crippen molar-refractivity contribution in [2.45, 2.75) is 11.3 Å². The molecule has 2 rings (SSSR count). The topological polar surface area (TPSA) is 152 Å². The number of hydrogen-bond donors (Lipinski definition) is 3.